The molecule has 2 aromatic carbocycles. The zero-order chi connectivity index (χ0) is 22.6. The Balaban J connectivity index is 1.45. The smallest absolute Gasteiger partial charge is 0.356 e. The number of nitrogen functional groups attached to an aromatic ring is 1. The van der Waals surface area contributed by atoms with Crippen LogP contribution in [0.5, 0.6) is 0 Å². The van der Waals surface area contributed by atoms with E-state index in [0.717, 1.165) is 22.6 Å². The molecule has 0 aliphatic rings. The number of pyridine rings is 1. The molecular formula is C22H22N4O5P+. The van der Waals surface area contributed by atoms with Crippen molar-refractivity contribution in [3.05, 3.63) is 90.3 Å². The first-order valence-electron chi connectivity index (χ1n) is 9.72. The summed E-state index contributed by atoms with van der Waals surface area (Å²) in [4.78, 5) is 17.8. The maximum atomic E-state index is 10.9. The number of rotatable bonds is 8. The lowest BCUT2D eigenvalue weighted by Gasteiger charge is -2.07. The second kappa shape index (κ2) is 9.33. The van der Waals surface area contributed by atoms with Crippen LogP contribution in [0.15, 0.2) is 83.5 Å². The van der Waals surface area contributed by atoms with Gasteiger partial charge in [0.2, 0.25) is 6.73 Å². The average Bonchev–Trinajstić information content (AvgIpc) is 3.23. The van der Waals surface area contributed by atoms with Crippen molar-refractivity contribution in [1.29, 1.82) is 0 Å². The lowest BCUT2D eigenvalue weighted by Crippen LogP contribution is -2.38. The number of aromatic nitrogens is 2. The van der Waals surface area contributed by atoms with Crippen molar-refractivity contribution >= 4 is 25.0 Å². The average molecular weight is 453 g/mol. The van der Waals surface area contributed by atoms with Crippen molar-refractivity contribution in [2.45, 2.75) is 13.2 Å². The highest BCUT2D eigenvalue weighted by molar-refractivity contribution is 7.46. The van der Waals surface area contributed by atoms with Crippen molar-refractivity contribution in [3.63, 3.8) is 0 Å². The van der Waals surface area contributed by atoms with E-state index >= 15 is 0 Å². The second-order valence-corrected chi connectivity index (χ2v) is 8.31. The van der Waals surface area contributed by atoms with Crippen molar-refractivity contribution in [3.8, 4) is 11.3 Å². The first-order chi connectivity index (χ1) is 15.4. The maximum Gasteiger partial charge on any atom is 0.472 e. The molecule has 0 atom stereocenters. The quantitative estimate of drug-likeness (QED) is 0.235. The van der Waals surface area contributed by atoms with Crippen LogP contribution in [-0.4, -0.2) is 14.9 Å². The molecule has 32 heavy (non-hydrogen) atoms. The van der Waals surface area contributed by atoms with Crippen LogP contribution >= 0.6 is 7.82 Å². The number of anilines is 3. The van der Waals surface area contributed by atoms with Gasteiger partial charge in [-0.15, -0.1) is 0 Å². The molecule has 4 rings (SSSR count). The summed E-state index contributed by atoms with van der Waals surface area (Å²) in [6, 6.07) is 23.2. The first kappa shape index (κ1) is 21.7. The molecule has 2 aromatic heterocycles. The van der Waals surface area contributed by atoms with Gasteiger partial charge in [-0.05, 0) is 42.0 Å². The van der Waals surface area contributed by atoms with Gasteiger partial charge in [-0.2, -0.15) is 0 Å². The van der Waals surface area contributed by atoms with Crippen LogP contribution in [0.1, 0.15) is 11.3 Å². The molecule has 0 radical (unpaired) electrons. The van der Waals surface area contributed by atoms with E-state index in [1.165, 1.54) is 4.57 Å². The fourth-order valence-corrected chi connectivity index (χ4v) is 3.42. The molecule has 0 amide bonds. The predicted molar refractivity (Wildman–Crippen MR) is 119 cm³/mol. The molecule has 2 heterocycles. The number of phosphoric acid groups is 1. The fraction of sp³-hybridized carbons (Fsp3) is 0.0909. The highest BCUT2D eigenvalue weighted by atomic mass is 31.2. The van der Waals surface area contributed by atoms with Gasteiger partial charge in [0, 0.05) is 23.9 Å². The molecule has 0 saturated heterocycles. The summed E-state index contributed by atoms with van der Waals surface area (Å²) in [5, 5.41) is 7.47. The third-order valence-electron chi connectivity index (χ3n) is 4.71. The van der Waals surface area contributed by atoms with Gasteiger partial charge in [-0.25, -0.2) is 13.7 Å². The summed E-state index contributed by atoms with van der Waals surface area (Å²) in [7, 11) is -4.61. The zero-order valence-corrected chi connectivity index (χ0v) is 17.9. The molecule has 5 N–H and O–H groups in total. The molecule has 4 aromatic rings. The number of phosphoric ester groups is 1. The number of nitrogens with zero attached hydrogens (tertiary/aromatic N) is 2. The molecule has 0 aliphatic carbocycles. The first-order valence-corrected chi connectivity index (χ1v) is 11.3. The SMILES string of the molecule is Nc1c(-c2cc(Cc3ccc(Nc4ccccc4)cc3)no2)ccc[n+]1COP(=O)(O)O. The van der Waals surface area contributed by atoms with Gasteiger partial charge in [-0.3, -0.25) is 5.73 Å². The van der Waals surface area contributed by atoms with E-state index in [1.807, 2.05) is 54.6 Å². The van der Waals surface area contributed by atoms with Crippen LogP contribution in [0.25, 0.3) is 11.3 Å². The molecule has 164 valence electrons. The van der Waals surface area contributed by atoms with Gasteiger partial charge < -0.3 is 19.6 Å². The third kappa shape index (κ3) is 5.60. The summed E-state index contributed by atoms with van der Waals surface area (Å²) < 4.78 is 22.3. The molecule has 0 spiro atoms. The number of hydrogen-bond donors (Lipinski definition) is 4. The van der Waals surface area contributed by atoms with Crippen LogP contribution in [0.3, 0.4) is 0 Å². The lowest BCUT2D eigenvalue weighted by molar-refractivity contribution is -0.711. The molecule has 9 nitrogen and oxygen atoms in total. The van der Waals surface area contributed by atoms with E-state index in [4.69, 9.17) is 20.0 Å². The second-order valence-electron chi connectivity index (χ2n) is 7.07. The normalized spacial score (nSPS) is 11.4. The van der Waals surface area contributed by atoms with E-state index < -0.39 is 14.6 Å². The highest BCUT2D eigenvalue weighted by Gasteiger charge is 2.20. The topological polar surface area (TPSA) is 135 Å². The fourth-order valence-electron chi connectivity index (χ4n) is 3.15. The van der Waals surface area contributed by atoms with Gasteiger partial charge in [-0.1, -0.05) is 35.5 Å². The van der Waals surface area contributed by atoms with Gasteiger partial charge in [0.1, 0.15) is 5.56 Å². The van der Waals surface area contributed by atoms with Crippen LogP contribution in [0, 0.1) is 0 Å². The maximum absolute atomic E-state index is 10.9. The largest absolute Gasteiger partial charge is 0.472 e. The molecule has 0 saturated carbocycles. The molecule has 0 aliphatic heterocycles. The summed E-state index contributed by atoms with van der Waals surface area (Å²) in [5.41, 5.74) is 10.5. The van der Waals surface area contributed by atoms with Crippen LogP contribution in [-0.2, 0) is 22.2 Å². The molecule has 0 bridgehead atoms. The monoisotopic (exact) mass is 453 g/mol. The van der Waals surface area contributed by atoms with Crippen molar-refractivity contribution in [2.24, 2.45) is 0 Å². The summed E-state index contributed by atoms with van der Waals surface area (Å²) in [6.45, 7) is -0.395. The molecule has 0 unspecified atom stereocenters. The molecular weight excluding hydrogens is 431 g/mol. The number of nitrogens with two attached hydrogens (primary N) is 1. The van der Waals surface area contributed by atoms with Gasteiger partial charge in [0.25, 0.3) is 5.82 Å². The Kier molecular flexibility index (Phi) is 6.34. The third-order valence-corrected chi connectivity index (χ3v) is 5.16. The lowest BCUT2D eigenvalue weighted by atomic mass is 10.1. The Labute approximate surface area is 184 Å². The Morgan fingerprint density at radius 1 is 1.03 bits per heavy atom. The minimum Gasteiger partial charge on any atom is -0.356 e. The van der Waals surface area contributed by atoms with Gasteiger partial charge in [0.15, 0.2) is 5.76 Å². The number of nitrogens with one attached hydrogen (secondary N) is 1. The Bertz CT molecular complexity index is 1240. The van der Waals surface area contributed by atoms with E-state index in [1.54, 1.807) is 24.4 Å². The zero-order valence-electron chi connectivity index (χ0n) is 17.0. The standard InChI is InChI=1S/C22H21N4O5P/c23-22-20(7-4-12-26(22)15-30-32(27,28)29)21-14-19(25-31-21)13-16-8-10-18(11-9-16)24-17-5-2-1-3-6-17/h1-12,14,23-24H,13,15H2,(H2,27,28,29)/p+1. The summed E-state index contributed by atoms with van der Waals surface area (Å²) in [5.74, 6) is 0.686. The van der Waals surface area contributed by atoms with Crippen molar-refractivity contribution in [2.75, 3.05) is 11.1 Å². The van der Waals surface area contributed by atoms with E-state index in [0.29, 0.717) is 17.7 Å². The predicted octanol–water partition coefficient (Wildman–Crippen LogP) is 3.61. The number of benzene rings is 2. The summed E-state index contributed by atoms with van der Waals surface area (Å²) in [6.07, 6.45) is 2.12. The van der Waals surface area contributed by atoms with Gasteiger partial charge in [0.05, 0.1) is 11.9 Å². The summed E-state index contributed by atoms with van der Waals surface area (Å²) >= 11 is 0. The van der Waals surface area contributed by atoms with Crippen LogP contribution in [0.4, 0.5) is 17.2 Å². The Morgan fingerprint density at radius 3 is 2.47 bits per heavy atom. The van der Waals surface area contributed by atoms with Gasteiger partial charge >= 0.3 is 7.82 Å². The van der Waals surface area contributed by atoms with Crippen LogP contribution < -0.4 is 15.6 Å². The Hall–Kier alpha value is -3.49. The minimum atomic E-state index is -4.61. The Morgan fingerprint density at radius 2 is 1.75 bits per heavy atom. The number of para-hydroxylation sites is 1. The van der Waals surface area contributed by atoms with E-state index in [9.17, 15) is 4.57 Å². The highest BCUT2D eigenvalue weighted by Crippen LogP contribution is 2.35. The molecule has 0 fully saturated rings. The molecule has 10 heteroatoms. The van der Waals surface area contributed by atoms with Crippen molar-refractivity contribution < 1.29 is 28.0 Å². The minimum absolute atomic E-state index is 0.236. The van der Waals surface area contributed by atoms with Crippen molar-refractivity contribution in [1.82, 2.24) is 5.16 Å². The van der Waals surface area contributed by atoms with E-state index in [-0.39, 0.29) is 5.82 Å². The van der Waals surface area contributed by atoms with E-state index in [2.05, 4.69) is 15.0 Å². The number of hydrogen-bond acceptors (Lipinski definition) is 6. The van der Waals surface area contributed by atoms with Crippen LogP contribution in [0.2, 0.25) is 0 Å².